The van der Waals surface area contributed by atoms with Gasteiger partial charge in [0, 0.05) is 13.5 Å². The minimum atomic E-state index is 0.318. The molecule has 10 heavy (non-hydrogen) atoms. The molecule has 1 aliphatic heterocycles. The van der Waals surface area contributed by atoms with Crippen LogP contribution in [0.5, 0.6) is 0 Å². The fourth-order valence-electron chi connectivity index (χ4n) is 1.22. The molecular formula is C7H13N2O. The number of piperidine rings is 1. The van der Waals surface area contributed by atoms with E-state index in [1.165, 1.54) is 0 Å². The number of hydrogen-bond donors (Lipinski definition) is 1. The standard InChI is InChI=1S/C7H13N2O/c1-10-5-6-3-2-4-7(8)9-6/h6,9H,2-5H2,1H3. The molecule has 1 saturated heterocycles. The summed E-state index contributed by atoms with van der Waals surface area (Å²) in [5.41, 5.74) is 0. The maximum Gasteiger partial charge on any atom is 0.125 e. The highest BCUT2D eigenvalue weighted by molar-refractivity contribution is 5.80. The first-order chi connectivity index (χ1) is 4.83. The van der Waals surface area contributed by atoms with Crippen molar-refractivity contribution in [2.45, 2.75) is 25.3 Å². The SMILES string of the molecule is COCC1CCCC(=[N])N1. The van der Waals surface area contributed by atoms with Crippen molar-refractivity contribution >= 4 is 5.84 Å². The Morgan fingerprint density at radius 3 is 3.20 bits per heavy atom. The van der Waals surface area contributed by atoms with Crippen molar-refractivity contribution in [3.05, 3.63) is 0 Å². The largest absolute Gasteiger partial charge is 0.383 e. The van der Waals surface area contributed by atoms with Crippen LogP contribution in [0.1, 0.15) is 19.3 Å². The molecule has 1 atom stereocenters. The molecule has 1 fully saturated rings. The van der Waals surface area contributed by atoms with E-state index >= 15 is 0 Å². The molecule has 1 unspecified atom stereocenters. The predicted octanol–water partition coefficient (Wildman–Crippen LogP) is -0.0265. The van der Waals surface area contributed by atoms with Gasteiger partial charge in [-0.1, -0.05) is 0 Å². The topological polar surface area (TPSA) is 43.6 Å². The molecule has 57 valence electrons. The van der Waals surface area contributed by atoms with Gasteiger partial charge < -0.3 is 10.1 Å². The number of methoxy groups -OCH3 is 1. The molecule has 0 saturated carbocycles. The van der Waals surface area contributed by atoms with Crippen molar-refractivity contribution in [3.8, 4) is 0 Å². The van der Waals surface area contributed by atoms with Gasteiger partial charge in [-0.15, -0.1) is 5.41 Å². The van der Waals surface area contributed by atoms with Crippen LogP contribution < -0.4 is 10.7 Å². The van der Waals surface area contributed by atoms with Crippen LogP contribution in [-0.4, -0.2) is 25.6 Å². The van der Waals surface area contributed by atoms with Crippen LogP contribution in [-0.2, 0) is 4.74 Å². The van der Waals surface area contributed by atoms with Gasteiger partial charge in [0.2, 0.25) is 0 Å². The lowest BCUT2D eigenvalue weighted by atomic mass is 10.1. The van der Waals surface area contributed by atoms with Gasteiger partial charge in [-0.25, -0.2) is 0 Å². The van der Waals surface area contributed by atoms with Crippen molar-refractivity contribution in [1.82, 2.24) is 10.7 Å². The predicted molar refractivity (Wildman–Crippen MR) is 39.8 cm³/mol. The van der Waals surface area contributed by atoms with Gasteiger partial charge in [-0.2, -0.15) is 0 Å². The van der Waals surface area contributed by atoms with Crippen molar-refractivity contribution in [3.63, 3.8) is 0 Å². The van der Waals surface area contributed by atoms with E-state index in [4.69, 9.17) is 10.1 Å². The first-order valence-electron chi connectivity index (χ1n) is 3.63. The first-order valence-corrected chi connectivity index (χ1v) is 3.63. The molecule has 3 nitrogen and oxygen atoms in total. The zero-order chi connectivity index (χ0) is 7.40. The average Bonchev–Trinajstić information content (AvgIpc) is 1.88. The van der Waals surface area contributed by atoms with Crippen LogP contribution in [0.15, 0.2) is 0 Å². The second kappa shape index (κ2) is 3.56. The number of hydrogen-bond acceptors (Lipinski definition) is 1. The monoisotopic (exact) mass is 141 g/mol. The molecule has 1 N–H and O–H groups in total. The Morgan fingerprint density at radius 1 is 1.80 bits per heavy atom. The Balaban J connectivity index is 2.25. The molecule has 0 aliphatic carbocycles. The second-order valence-electron chi connectivity index (χ2n) is 2.64. The molecule has 0 amide bonds. The van der Waals surface area contributed by atoms with Crippen LogP contribution in [0.3, 0.4) is 0 Å². The lowest BCUT2D eigenvalue weighted by molar-refractivity contribution is 0.166. The summed E-state index contributed by atoms with van der Waals surface area (Å²) in [5.74, 6) is 0.410. The quantitative estimate of drug-likeness (QED) is 0.587. The van der Waals surface area contributed by atoms with Crippen molar-refractivity contribution in [2.75, 3.05) is 13.7 Å². The molecule has 1 rings (SSSR count). The van der Waals surface area contributed by atoms with Gasteiger partial charge >= 0.3 is 0 Å². The van der Waals surface area contributed by atoms with Crippen LogP contribution in [0, 0.1) is 0 Å². The van der Waals surface area contributed by atoms with Gasteiger partial charge in [0.1, 0.15) is 5.84 Å². The molecule has 0 aromatic rings. The Kier molecular flexibility index (Phi) is 2.68. The van der Waals surface area contributed by atoms with E-state index in [9.17, 15) is 0 Å². The van der Waals surface area contributed by atoms with E-state index in [-0.39, 0.29) is 0 Å². The lowest BCUT2D eigenvalue weighted by Gasteiger charge is -2.23. The third-order valence-corrected chi connectivity index (χ3v) is 1.70. The van der Waals surface area contributed by atoms with Crippen molar-refractivity contribution < 1.29 is 4.74 Å². The Morgan fingerprint density at radius 2 is 2.60 bits per heavy atom. The number of ether oxygens (including phenoxy) is 1. The summed E-state index contributed by atoms with van der Waals surface area (Å²) in [6, 6.07) is 0.318. The van der Waals surface area contributed by atoms with Gasteiger partial charge in [-0.05, 0) is 12.8 Å². The molecule has 0 aromatic heterocycles. The first kappa shape index (κ1) is 7.54. The molecule has 3 heteroatoms. The summed E-state index contributed by atoms with van der Waals surface area (Å²) in [6.45, 7) is 0.685. The van der Waals surface area contributed by atoms with Gasteiger partial charge in [0.15, 0.2) is 0 Å². The molecule has 1 aliphatic rings. The summed E-state index contributed by atoms with van der Waals surface area (Å²) in [6.07, 6.45) is 2.95. The minimum absolute atomic E-state index is 0.318. The minimum Gasteiger partial charge on any atom is -0.383 e. The average molecular weight is 141 g/mol. The summed E-state index contributed by atoms with van der Waals surface area (Å²) < 4.78 is 4.94. The van der Waals surface area contributed by atoms with Crippen LogP contribution in [0.4, 0.5) is 0 Å². The number of rotatable bonds is 2. The van der Waals surface area contributed by atoms with E-state index in [0.29, 0.717) is 18.5 Å². The molecule has 0 aromatic carbocycles. The van der Waals surface area contributed by atoms with Gasteiger partial charge in [0.25, 0.3) is 0 Å². The summed E-state index contributed by atoms with van der Waals surface area (Å²) >= 11 is 0. The smallest absolute Gasteiger partial charge is 0.125 e. The maximum atomic E-state index is 9.06. The fraction of sp³-hybridized carbons (Fsp3) is 0.857. The summed E-state index contributed by atoms with van der Waals surface area (Å²) in [5, 5.41) is 12.0. The zero-order valence-corrected chi connectivity index (χ0v) is 6.26. The van der Waals surface area contributed by atoms with E-state index in [1.54, 1.807) is 7.11 Å². The van der Waals surface area contributed by atoms with E-state index in [2.05, 4.69) is 5.32 Å². The third kappa shape index (κ3) is 1.99. The Labute approximate surface area is 61.3 Å². The van der Waals surface area contributed by atoms with Crippen LogP contribution >= 0.6 is 0 Å². The molecular weight excluding hydrogens is 128 g/mol. The van der Waals surface area contributed by atoms with Crippen LogP contribution in [0.25, 0.3) is 0 Å². The Hall–Kier alpha value is -0.570. The zero-order valence-electron chi connectivity index (χ0n) is 6.26. The van der Waals surface area contributed by atoms with Crippen molar-refractivity contribution in [2.24, 2.45) is 0 Å². The van der Waals surface area contributed by atoms with Crippen LogP contribution in [0.2, 0.25) is 0 Å². The number of nitrogens with one attached hydrogen (secondary N) is 1. The van der Waals surface area contributed by atoms with E-state index < -0.39 is 0 Å². The molecule has 1 heterocycles. The highest BCUT2D eigenvalue weighted by Gasteiger charge is 2.15. The second-order valence-corrected chi connectivity index (χ2v) is 2.64. The highest BCUT2D eigenvalue weighted by Crippen LogP contribution is 2.07. The normalized spacial score (nSPS) is 26.1. The van der Waals surface area contributed by atoms with E-state index in [0.717, 1.165) is 19.3 Å². The van der Waals surface area contributed by atoms with E-state index in [1.807, 2.05) is 0 Å². The maximum absolute atomic E-state index is 9.06. The van der Waals surface area contributed by atoms with Gasteiger partial charge in [0.05, 0.1) is 12.6 Å². The highest BCUT2D eigenvalue weighted by atomic mass is 16.5. The Bertz CT molecular complexity index is 123. The molecule has 1 radical (unpaired) electrons. The number of nitrogens with zero attached hydrogens (tertiary/aromatic N) is 1. The lowest BCUT2D eigenvalue weighted by Crippen LogP contribution is -2.41. The fourth-order valence-corrected chi connectivity index (χ4v) is 1.22. The number of amidine groups is 1. The summed E-state index contributed by atoms with van der Waals surface area (Å²) in [4.78, 5) is 0. The van der Waals surface area contributed by atoms with Crippen molar-refractivity contribution in [1.29, 1.82) is 0 Å². The third-order valence-electron chi connectivity index (χ3n) is 1.70. The summed E-state index contributed by atoms with van der Waals surface area (Å²) in [7, 11) is 1.67. The van der Waals surface area contributed by atoms with Gasteiger partial charge in [-0.3, -0.25) is 0 Å². The molecule has 0 bridgehead atoms. The molecule has 0 spiro atoms.